The summed E-state index contributed by atoms with van der Waals surface area (Å²) in [4.78, 5) is 4.07. The summed E-state index contributed by atoms with van der Waals surface area (Å²) in [6, 6.07) is 0. The summed E-state index contributed by atoms with van der Waals surface area (Å²) in [6.07, 6.45) is 1.72. The van der Waals surface area contributed by atoms with Crippen LogP contribution in [0.5, 0.6) is 0 Å². The summed E-state index contributed by atoms with van der Waals surface area (Å²) in [5, 5.41) is 3.63. The van der Waals surface area contributed by atoms with Crippen molar-refractivity contribution >= 4 is 49.0 Å². The van der Waals surface area contributed by atoms with Crippen LogP contribution in [0.3, 0.4) is 0 Å². The largest absolute Gasteiger partial charge is 0.326 e. The molecule has 2 nitrogen and oxygen atoms in total. The number of aromatic nitrogens is 1. The van der Waals surface area contributed by atoms with Gasteiger partial charge in [0.1, 0.15) is 5.15 Å². The summed E-state index contributed by atoms with van der Waals surface area (Å²) < 4.78 is 2.04. The fourth-order valence-electron chi connectivity index (χ4n) is 1.20. The number of nitrogens with two attached hydrogens (primary N) is 1. The van der Waals surface area contributed by atoms with Crippen molar-refractivity contribution in [1.29, 1.82) is 0 Å². The van der Waals surface area contributed by atoms with Crippen molar-refractivity contribution in [2.75, 3.05) is 0 Å². The van der Waals surface area contributed by atoms with E-state index in [1.807, 2.05) is 5.38 Å². The topological polar surface area (TPSA) is 38.9 Å². The lowest BCUT2D eigenvalue weighted by molar-refractivity contribution is 1.07. The third-order valence-electron chi connectivity index (χ3n) is 1.81. The lowest BCUT2D eigenvalue weighted by Gasteiger charge is -2.00. The minimum atomic E-state index is 0.482. The summed E-state index contributed by atoms with van der Waals surface area (Å²) in [7, 11) is 0. The van der Waals surface area contributed by atoms with Crippen molar-refractivity contribution in [3.8, 4) is 0 Å². The van der Waals surface area contributed by atoms with E-state index in [1.54, 1.807) is 17.5 Å². The molecule has 0 aliphatic carbocycles. The summed E-state index contributed by atoms with van der Waals surface area (Å²) in [5.74, 6) is 0. The Morgan fingerprint density at radius 2 is 2.38 bits per heavy atom. The molecular weight excluding hydrogens is 272 g/mol. The van der Waals surface area contributed by atoms with Gasteiger partial charge in [0.2, 0.25) is 0 Å². The number of rotatable bonds is 1. The first-order valence-electron chi connectivity index (χ1n) is 3.64. The molecule has 0 bridgehead atoms. The van der Waals surface area contributed by atoms with Gasteiger partial charge >= 0.3 is 0 Å². The van der Waals surface area contributed by atoms with Crippen LogP contribution in [0.1, 0.15) is 5.56 Å². The van der Waals surface area contributed by atoms with Crippen LogP contribution < -0.4 is 5.73 Å². The molecule has 2 aromatic heterocycles. The van der Waals surface area contributed by atoms with Gasteiger partial charge in [-0.25, -0.2) is 4.98 Å². The molecule has 0 unspecified atom stereocenters. The second-order valence-electron chi connectivity index (χ2n) is 2.57. The highest BCUT2D eigenvalue weighted by Gasteiger charge is 2.09. The van der Waals surface area contributed by atoms with Crippen LogP contribution in [0.4, 0.5) is 0 Å². The van der Waals surface area contributed by atoms with Crippen molar-refractivity contribution in [2.24, 2.45) is 5.73 Å². The van der Waals surface area contributed by atoms with Crippen LogP contribution in [-0.4, -0.2) is 4.98 Å². The van der Waals surface area contributed by atoms with E-state index in [2.05, 4.69) is 20.9 Å². The number of halogens is 2. The maximum absolute atomic E-state index is 5.94. The van der Waals surface area contributed by atoms with E-state index in [0.29, 0.717) is 11.7 Å². The first-order chi connectivity index (χ1) is 6.24. The Morgan fingerprint density at radius 3 is 3.08 bits per heavy atom. The molecular formula is C8H6BrClN2S. The summed E-state index contributed by atoms with van der Waals surface area (Å²) in [5.41, 5.74) is 6.62. The molecule has 0 amide bonds. The SMILES string of the molecule is NCc1cnc(Cl)c2scc(Br)c12. The standard InChI is InChI=1S/C8H6BrClN2S/c9-5-3-13-7-6(5)4(1-11)2-12-8(7)10/h2-3H,1,11H2. The van der Waals surface area contributed by atoms with Gasteiger partial charge in [0.15, 0.2) is 0 Å². The summed E-state index contributed by atoms with van der Waals surface area (Å²) >= 11 is 11.0. The van der Waals surface area contributed by atoms with Crippen LogP contribution >= 0.6 is 38.9 Å². The van der Waals surface area contributed by atoms with Crippen LogP contribution in [0.2, 0.25) is 5.15 Å². The molecule has 0 saturated carbocycles. The highest BCUT2D eigenvalue weighted by Crippen LogP contribution is 2.35. The van der Waals surface area contributed by atoms with Gasteiger partial charge in [-0.2, -0.15) is 0 Å². The number of hydrogen-bond acceptors (Lipinski definition) is 3. The normalized spacial score (nSPS) is 11.0. The van der Waals surface area contributed by atoms with Crippen molar-refractivity contribution in [3.63, 3.8) is 0 Å². The van der Waals surface area contributed by atoms with Gasteiger partial charge in [-0.05, 0) is 21.5 Å². The quantitative estimate of drug-likeness (QED) is 0.813. The van der Waals surface area contributed by atoms with Crippen LogP contribution in [0.25, 0.3) is 10.1 Å². The number of pyridine rings is 1. The predicted molar refractivity (Wildman–Crippen MR) is 60.2 cm³/mol. The number of fused-ring (bicyclic) bond motifs is 1. The van der Waals surface area contributed by atoms with E-state index in [0.717, 1.165) is 20.1 Å². The van der Waals surface area contributed by atoms with Gasteiger partial charge < -0.3 is 5.73 Å². The Hall–Kier alpha value is -0.160. The molecule has 2 aromatic rings. The van der Waals surface area contributed by atoms with E-state index >= 15 is 0 Å². The van der Waals surface area contributed by atoms with Crippen LogP contribution in [-0.2, 0) is 6.54 Å². The first kappa shape index (κ1) is 9.40. The minimum Gasteiger partial charge on any atom is -0.326 e. The molecule has 0 spiro atoms. The third-order valence-corrected chi connectivity index (χ3v) is 4.12. The fourth-order valence-corrected chi connectivity index (χ4v) is 3.19. The van der Waals surface area contributed by atoms with Crippen molar-refractivity contribution in [3.05, 3.63) is 26.8 Å². The molecule has 0 aromatic carbocycles. The van der Waals surface area contributed by atoms with Gasteiger partial charge in [-0.15, -0.1) is 11.3 Å². The molecule has 0 radical (unpaired) electrons. The fraction of sp³-hybridized carbons (Fsp3) is 0.125. The van der Waals surface area contributed by atoms with Gasteiger partial charge in [0, 0.05) is 28.0 Å². The lowest BCUT2D eigenvalue weighted by Crippen LogP contribution is -1.97. The molecule has 0 aliphatic rings. The van der Waals surface area contributed by atoms with Crippen molar-refractivity contribution < 1.29 is 0 Å². The highest BCUT2D eigenvalue weighted by molar-refractivity contribution is 9.10. The first-order valence-corrected chi connectivity index (χ1v) is 5.69. The highest BCUT2D eigenvalue weighted by atomic mass is 79.9. The second kappa shape index (κ2) is 3.53. The predicted octanol–water partition coefficient (Wildman–Crippen LogP) is 3.17. The Labute approximate surface area is 92.8 Å². The third kappa shape index (κ3) is 1.48. The summed E-state index contributed by atoms with van der Waals surface area (Å²) in [6.45, 7) is 0.482. The van der Waals surface area contributed by atoms with E-state index in [-0.39, 0.29) is 0 Å². The van der Waals surface area contributed by atoms with Gasteiger partial charge in [0.05, 0.1) is 4.70 Å². The zero-order valence-electron chi connectivity index (χ0n) is 6.55. The van der Waals surface area contributed by atoms with E-state index in [1.165, 1.54) is 0 Å². The number of nitrogens with zero attached hydrogens (tertiary/aromatic N) is 1. The zero-order chi connectivity index (χ0) is 9.42. The lowest BCUT2D eigenvalue weighted by atomic mass is 10.2. The maximum Gasteiger partial charge on any atom is 0.146 e. The molecule has 68 valence electrons. The van der Waals surface area contributed by atoms with E-state index in [9.17, 15) is 0 Å². The average Bonchev–Trinajstić information content (AvgIpc) is 2.51. The van der Waals surface area contributed by atoms with Crippen LogP contribution in [0, 0.1) is 0 Å². The Kier molecular flexibility index (Phi) is 2.55. The van der Waals surface area contributed by atoms with Crippen molar-refractivity contribution in [1.82, 2.24) is 4.98 Å². The molecule has 0 fully saturated rings. The van der Waals surface area contributed by atoms with Gasteiger partial charge in [-0.1, -0.05) is 11.6 Å². The van der Waals surface area contributed by atoms with Gasteiger partial charge in [-0.3, -0.25) is 0 Å². The van der Waals surface area contributed by atoms with E-state index < -0.39 is 0 Å². The Bertz CT molecular complexity index is 455. The minimum absolute atomic E-state index is 0.482. The molecule has 0 saturated heterocycles. The van der Waals surface area contributed by atoms with Gasteiger partial charge in [0.25, 0.3) is 0 Å². The molecule has 0 aliphatic heterocycles. The molecule has 2 N–H and O–H groups in total. The van der Waals surface area contributed by atoms with Crippen LogP contribution in [0.15, 0.2) is 16.0 Å². The maximum atomic E-state index is 5.94. The average molecular weight is 278 g/mol. The monoisotopic (exact) mass is 276 g/mol. The number of thiophene rings is 1. The molecule has 2 heterocycles. The van der Waals surface area contributed by atoms with E-state index in [4.69, 9.17) is 17.3 Å². The number of hydrogen-bond donors (Lipinski definition) is 1. The Morgan fingerprint density at radius 1 is 1.62 bits per heavy atom. The Balaban J connectivity index is 2.88. The molecule has 0 atom stereocenters. The molecule has 13 heavy (non-hydrogen) atoms. The second-order valence-corrected chi connectivity index (χ2v) is 4.66. The smallest absolute Gasteiger partial charge is 0.146 e. The zero-order valence-corrected chi connectivity index (χ0v) is 9.71. The molecule has 5 heteroatoms. The molecule has 2 rings (SSSR count). The van der Waals surface area contributed by atoms with Crippen molar-refractivity contribution in [2.45, 2.75) is 6.54 Å².